The van der Waals surface area contributed by atoms with E-state index in [1.807, 2.05) is 0 Å². The highest BCUT2D eigenvalue weighted by Crippen LogP contribution is 2.36. The van der Waals surface area contributed by atoms with Crippen LogP contribution in [-0.2, 0) is 10.2 Å². The number of hydrogen-bond donors (Lipinski definition) is 0. The molecule has 1 saturated heterocycles. The first-order chi connectivity index (χ1) is 14.6. The number of alkyl halides is 3. The van der Waals surface area contributed by atoms with Crippen molar-refractivity contribution in [2.24, 2.45) is 0 Å². The Bertz CT molecular complexity index is 910. The summed E-state index contributed by atoms with van der Waals surface area (Å²) in [7, 11) is 0. The van der Waals surface area contributed by atoms with Gasteiger partial charge < -0.3 is 9.64 Å². The number of piperidine rings is 1. The molecule has 0 radical (unpaired) electrons. The zero-order valence-electron chi connectivity index (χ0n) is 16.8. The predicted molar refractivity (Wildman–Crippen MR) is 108 cm³/mol. The van der Waals surface area contributed by atoms with Gasteiger partial charge in [0.2, 0.25) is 0 Å². The molecule has 31 heavy (non-hydrogen) atoms. The number of halogens is 5. The van der Waals surface area contributed by atoms with Gasteiger partial charge in [-0.05, 0) is 54.2 Å². The molecular formula is C22H22ClF4NO3. The minimum absolute atomic E-state index is 0.131. The topological polar surface area (TPSA) is 38.8 Å². The maximum atomic E-state index is 13.2. The normalized spacial score (nSPS) is 16.3. The summed E-state index contributed by atoms with van der Waals surface area (Å²) in [5, 5.41) is 0.131. The second-order valence-corrected chi connectivity index (χ2v) is 8.05. The fraction of sp³-hybridized carbons (Fsp3) is 0.409. The van der Waals surface area contributed by atoms with E-state index in [4.69, 9.17) is 16.3 Å². The van der Waals surface area contributed by atoms with Crippen LogP contribution in [0.2, 0.25) is 5.02 Å². The average molecular weight is 460 g/mol. The molecule has 0 atom stereocenters. The predicted octanol–water partition coefficient (Wildman–Crippen LogP) is 5.59. The lowest BCUT2D eigenvalue weighted by Gasteiger charge is -2.40. The largest absolute Gasteiger partial charge is 0.522 e. The molecule has 1 aliphatic rings. The van der Waals surface area contributed by atoms with E-state index in [-0.39, 0.29) is 34.5 Å². The molecule has 1 aliphatic heterocycles. The van der Waals surface area contributed by atoms with E-state index in [1.165, 1.54) is 30.3 Å². The fourth-order valence-electron chi connectivity index (χ4n) is 3.59. The van der Waals surface area contributed by atoms with Crippen LogP contribution < -0.4 is 4.74 Å². The highest BCUT2D eigenvalue weighted by atomic mass is 35.5. The second kappa shape index (κ2) is 9.44. The van der Waals surface area contributed by atoms with Crippen molar-refractivity contribution in [1.29, 1.82) is 0 Å². The zero-order chi connectivity index (χ0) is 22.6. The van der Waals surface area contributed by atoms with E-state index in [9.17, 15) is 22.4 Å². The molecule has 0 N–H and O–H groups in total. The molecule has 1 amide bonds. The van der Waals surface area contributed by atoms with Crippen LogP contribution in [0.1, 0.15) is 35.7 Å². The van der Waals surface area contributed by atoms with Crippen molar-refractivity contribution in [2.45, 2.75) is 31.5 Å². The Morgan fingerprint density at radius 3 is 2.32 bits per heavy atom. The molecule has 1 fully saturated rings. The molecule has 0 aliphatic carbocycles. The van der Waals surface area contributed by atoms with Gasteiger partial charge in [-0.25, -0.2) is 4.39 Å². The van der Waals surface area contributed by atoms with Gasteiger partial charge >= 0.3 is 6.36 Å². The number of benzene rings is 2. The van der Waals surface area contributed by atoms with Crippen LogP contribution in [0.4, 0.5) is 17.6 Å². The molecule has 0 aromatic heterocycles. The van der Waals surface area contributed by atoms with Crippen molar-refractivity contribution in [2.75, 3.05) is 26.3 Å². The van der Waals surface area contributed by atoms with Crippen LogP contribution in [0.5, 0.6) is 5.75 Å². The van der Waals surface area contributed by atoms with Gasteiger partial charge in [-0.2, -0.15) is 0 Å². The van der Waals surface area contributed by atoms with E-state index in [0.29, 0.717) is 18.7 Å². The lowest BCUT2D eigenvalue weighted by atomic mass is 9.74. The Kier molecular flexibility index (Phi) is 7.11. The summed E-state index contributed by atoms with van der Waals surface area (Å²) in [6.45, 7) is 2.18. The summed E-state index contributed by atoms with van der Waals surface area (Å²) in [4.78, 5) is 14.6. The molecule has 0 bridgehead atoms. The van der Waals surface area contributed by atoms with Crippen LogP contribution in [0.3, 0.4) is 0 Å². The van der Waals surface area contributed by atoms with Gasteiger partial charge in [0, 0.05) is 18.7 Å². The zero-order valence-corrected chi connectivity index (χ0v) is 17.6. The molecule has 9 heteroatoms. The second-order valence-electron chi connectivity index (χ2n) is 7.65. The lowest BCUT2D eigenvalue weighted by Crippen LogP contribution is -2.43. The number of nitrogens with zero attached hydrogens (tertiary/aromatic N) is 1. The third-order valence-corrected chi connectivity index (χ3v) is 5.78. The van der Waals surface area contributed by atoms with Gasteiger partial charge in [0.05, 0.1) is 11.6 Å². The van der Waals surface area contributed by atoms with Gasteiger partial charge in [0.25, 0.3) is 5.91 Å². The van der Waals surface area contributed by atoms with Gasteiger partial charge in [0.15, 0.2) is 0 Å². The molecule has 1 heterocycles. The SMILES string of the molecule is CC1(c2ccc(F)cc2)CCN(C(=O)c2ccc(OCCOC(F)(F)F)c(Cl)c2)CC1. The molecule has 2 aromatic rings. The number of carbonyl (C=O) groups excluding carboxylic acids is 1. The Morgan fingerprint density at radius 2 is 1.74 bits per heavy atom. The van der Waals surface area contributed by atoms with E-state index in [1.54, 1.807) is 17.0 Å². The van der Waals surface area contributed by atoms with Crippen LogP contribution >= 0.6 is 11.6 Å². The van der Waals surface area contributed by atoms with Gasteiger partial charge in [0.1, 0.15) is 18.2 Å². The van der Waals surface area contributed by atoms with Crippen molar-refractivity contribution >= 4 is 17.5 Å². The van der Waals surface area contributed by atoms with Gasteiger partial charge in [-0.3, -0.25) is 9.53 Å². The molecule has 2 aromatic carbocycles. The number of amides is 1. The highest BCUT2D eigenvalue weighted by molar-refractivity contribution is 6.32. The van der Waals surface area contributed by atoms with E-state index in [2.05, 4.69) is 11.7 Å². The minimum atomic E-state index is -4.72. The molecule has 168 valence electrons. The minimum Gasteiger partial charge on any atom is -0.490 e. The van der Waals surface area contributed by atoms with Crippen molar-refractivity contribution in [3.8, 4) is 5.75 Å². The third-order valence-electron chi connectivity index (χ3n) is 5.48. The number of hydrogen-bond acceptors (Lipinski definition) is 3. The Labute approximate surface area is 182 Å². The Morgan fingerprint density at radius 1 is 1.10 bits per heavy atom. The van der Waals surface area contributed by atoms with E-state index >= 15 is 0 Å². The maximum Gasteiger partial charge on any atom is 0.522 e. The fourth-order valence-corrected chi connectivity index (χ4v) is 3.82. The summed E-state index contributed by atoms with van der Waals surface area (Å²) in [6.07, 6.45) is -3.25. The van der Waals surface area contributed by atoms with Crippen molar-refractivity contribution in [3.05, 3.63) is 64.4 Å². The standard InChI is InChI=1S/C22H22ClF4NO3/c1-21(16-3-5-17(24)6-4-16)8-10-28(11-9-21)20(29)15-2-7-19(18(23)14-15)30-12-13-31-22(25,26)27/h2-7,14H,8-13H2,1H3. The van der Waals surface area contributed by atoms with Crippen molar-refractivity contribution < 1.29 is 31.8 Å². The number of likely N-dealkylation sites (tertiary alicyclic amines) is 1. The molecule has 0 unspecified atom stereocenters. The van der Waals surface area contributed by atoms with Crippen LogP contribution in [0, 0.1) is 5.82 Å². The van der Waals surface area contributed by atoms with Crippen molar-refractivity contribution in [3.63, 3.8) is 0 Å². The Balaban J connectivity index is 1.57. The molecule has 0 saturated carbocycles. The Hall–Kier alpha value is -2.32. The highest BCUT2D eigenvalue weighted by Gasteiger charge is 2.33. The summed E-state index contributed by atoms with van der Waals surface area (Å²) in [6, 6.07) is 10.9. The first-order valence-corrected chi connectivity index (χ1v) is 10.1. The maximum absolute atomic E-state index is 13.2. The summed E-state index contributed by atoms with van der Waals surface area (Å²) in [5.41, 5.74) is 1.27. The number of rotatable bonds is 6. The van der Waals surface area contributed by atoms with Crippen molar-refractivity contribution in [1.82, 2.24) is 4.90 Å². The smallest absolute Gasteiger partial charge is 0.490 e. The number of carbonyl (C=O) groups is 1. The monoisotopic (exact) mass is 459 g/mol. The summed E-state index contributed by atoms with van der Waals surface area (Å²) in [5.74, 6) is -0.293. The first kappa shape index (κ1) is 23.3. The molecule has 3 rings (SSSR count). The van der Waals surface area contributed by atoms with Crippen LogP contribution in [0.25, 0.3) is 0 Å². The van der Waals surface area contributed by atoms with Crippen LogP contribution in [0.15, 0.2) is 42.5 Å². The summed E-state index contributed by atoms with van der Waals surface area (Å²) >= 11 is 6.13. The average Bonchev–Trinajstić information content (AvgIpc) is 2.72. The molecule has 4 nitrogen and oxygen atoms in total. The number of ether oxygens (including phenoxy) is 2. The first-order valence-electron chi connectivity index (χ1n) is 9.76. The lowest BCUT2D eigenvalue weighted by molar-refractivity contribution is -0.325. The quantitative estimate of drug-likeness (QED) is 0.417. The third kappa shape index (κ3) is 6.11. The molecule has 0 spiro atoms. The summed E-state index contributed by atoms with van der Waals surface area (Å²) < 4.78 is 58.0. The van der Waals surface area contributed by atoms with Gasteiger partial charge in [-0.1, -0.05) is 30.7 Å². The van der Waals surface area contributed by atoms with E-state index in [0.717, 1.165) is 18.4 Å². The molecular weight excluding hydrogens is 438 g/mol. The van der Waals surface area contributed by atoms with E-state index < -0.39 is 13.0 Å². The van der Waals surface area contributed by atoms with Crippen LogP contribution in [-0.4, -0.2) is 43.5 Å². The van der Waals surface area contributed by atoms with Gasteiger partial charge in [-0.15, -0.1) is 13.2 Å².